The maximum absolute atomic E-state index is 11.7. The minimum atomic E-state index is -0.133. The second-order valence-electron chi connectivity index (χ2n) is 3.67. The Kier molecular flexibility index (Phi) is 4.68. The van der Waals surface area contributed by atoms with Gasteiger partial charge in [0, 0.05) is 29.2 Å². The fourth-order valence-electron chi connectivity index (χ4n) is 1.21. The van der Waals surface area contributed by atoms with Gasteiger partial charge in [-0.25, -0.2) is 0 Å². The lowest BCUT2D eigenvalue weighted by Gasteiger charge is -2.17. The van der Waals surface area contributed by atoms with Crippen LogP contribution in [0.5, 0.6) is 0 Å². The third kappa shape index (κ3) is 3.42. The summed E-state index contributed by atoms with van der Waals surface area (Å²) in [6.45, 7) is 1.88. The molecule has 0 bridgehead atoms. The summed E-state index contributed by atoms with van der Waals surface area (Å²) in [6.07, 6.45) is 0. The molecule has 1 atom stereocenters. The van der Waals surface area contributed by atoms with E-state index in [1.54, 1.807) is 19.0 Å². The van der Waals surface area contributed by atoms with Crippen molar-refractivity contribution in [2.45, 2.75) is 17.1 Å². The zero-order valence-corrected chi connectivity index (χ0v) is 11.9. The zero-order chi connectivity index (χ0) is 12.3. The van der Waals surface area contributed by atoms with Crippen LogP contribution in [-0.2, 0) is 4.79 Å². The fraction of sp³-hybridized carbons (Fsp3) is 0.364. The second kappa shape index (κ2) is 5.59. The third-order valence-corrected chi connectivity index (χ3v) is 3.72. The van der Waals surface area contributed by atoms with Crippen LogP contribution in [0.15, 0.2) is 27.6 Å². The highest BCUT2D eigenvalue weighted by molar-refractivity contribution is 9.10. The van der Waals surface area contributed by atoms with E-state index in [1.807, 2.05) is 25.1 Å². The maximum Gasteiger partial charge on any atom is 0.235 e. The third-order valence-electron chi connectivity index (χ3n) is 2.07. The molecule has 3 nitrogen and oxygen atoms in total. The summed E-state index contributed by atoms with van der Waals surface area (Å²) in [4.78, 5) is 14.2. The van der Waals surface area contributed by atoms with E-state index in [2.05, 4.69) is 15.9 Å². The lowest BCUT2D eigenvalue weighted by molar-refractivity contribution is -0.127. The van der Waals surface area contributed by atoms with E-state index < -0.39 is 0 Å². The molecule has 16 heavy (non-hydrogen) atoms. The first-order chi connectivity index (χ1) is 7.41. The number of thioether (sulfide) groups is 1. The molecule has 1 rings (SSSR count). The van der Waals surface area contributed by atoms with Crippen molar-refractivity contribution < 1.29 is 4.79 Å². The van der Waals surface area contributed by atoms with Crippen LogP contribution in [-0.4, -0.2) is 30.2 Å². The molecule has 0 heterocycles. The Hall–Kier alpha value is -0.680. The molecular weight excluding hydrogens is 288 g/mol. The van der Waals surface area contributed by atoms with Crippen LogP contribution in [0.2, 0.25) is 0 Å². The number of hydrogen-bond donors (Lipinski definition) is 1. The van der Waals surface area contributed by atoms with Crippen molar-refractivity contribution in [3.05, 3.63) is 22.7 Å². The van der Waals surface area contributed by atoms with Gasteiger partial charge >= 0.3 is 0 Å². The van der Waals surface area contributed by atoms with Crippen LogP contribution in [0, 0.1) is 0 Å². The van der Waals surface area contributed by atoms with E-state index in [4.69, 9.17) is 5.73 Å². The number of nitrogens with two attached hydrogens (primary N) is 1. The van der Waals surface area contributed by atoms with Crippen molar-refractivity contribution in [2.24, 2.45) is 0 Å². The number of nitrogens with zero attached hydrogens (tertiary/aromatic N) is 1. The number of anilines is 1. The molecule has 0 aliphatic rings. The van der Waals surface area contributed by atoms with Crippen molar-refractivity contribution in [3.8, 4) is 0 Å². The molecule has 2 N–H and O–H groups in total. The molecule has 0 saturated carbocycles. The molecule has 88 valence electrons. The van der Waals surface area contributed by atoms with Crippen molar-refractivity contribution in [1.82, 2.24) is 4.90 Å². The quantitative estimate of drug-likeness (QED) is 0.689. The molecule has 0 saturated heterocycles. The first-order valence-electron chi connectivity index (χ1n) is 4.84. The van der Waals surface area contributed by atoms with E-state index in [0.29, 0.717) is 5.69 Å². The van der Waals surface area contributed by atoms with E-state index in [9.17, 15) is 4.79 Å². The molecule has 1 unspecified atom stereocenters. The average Bonchev–Trinajstić information content (AvgIpc) is 2.22. The van der Waals surface area contributed by atoms with E-state index in [-0.39, 0.29) is 11.2 Å². The van der Waals surface area contributed by atoms with Crippen LogP contribution >= 0.6 is 27.7 Å². The Bertz CT molecular complexity index is 396. The highest BCUT2D eigenvalue weighted by Crippen LogP contribution is 2.31. The smallest absolute Gasteiger partial charge is 0.235 e. The highest BCUT2D eigenvalue weighted by atomic mass is 79.9. The van der Waals surface area contributed by atoms with Gasteiger partial charge in [-0.2, -0.15) is 0 Å². The molecule has 1 amide bonds. The Balaban J connectivity index is 2.80. The summed E-state index contributed by atoms with van der Waals surface area (Å²) in [5.74, 6) is 0.0874. The second-order valence-corrected chi connectivity index (χ2v) is 5.97. The molecule has 5 heteroatoms. The van der Waals surface area contributed by atoms with Gasteiger partial charge in [0.25, 0.3) is 0 Å². The Morgan fingerprint density at radius 2 is 2.12 bits per heavy atom. The predicted molar refractivity (Wildman–Crippen MR) is 72.6 cm³/mol. The topological polar surface area (TPSA) is 46.3 Å². The first-order valence-corrected chi connectivity index (χ1v) is 6.52. The van der Waals surface area contributed by atoms with Crippen LogP contribution in [0.4, 0.5) is 5.69 Å². The SMILES string of the molecule is CC(Sc1cc(Br)ccc1N)C(=O)N(C)C. The lowest BCUT2D eigenvalue weighted by atomic mass is 10.3. The number of benzene rings is 1. The Morgan fingerprint density at radius 1 is 1.50 bits per heavy atom. The molecule has 0 aliphatic carbocycles. The number of halogens is 1. The number of amides is 1. The highest BCUT2D eigenvalue weighted by Gasteiger charge is 2.17. The van der Waals surface area contributed by atoms with E-state index >= 15 is 0 Å². The maximum atomic E-state index is 11.7. The largest absolute Gasteiger partial charge is 0.398 e. The molecule has 0 radical (unpaired) electrons. The van der Waals surface area contributed by atoms with Gasteiger partial charge in [-0.1, -0.05) is 15.9 Å². The fourth-order valence-corrected chi connectivity index (χ4v) is 2.82. The van der Waals surface area contributed by atoms with Crippen molar-refractivity contribution in [2.75, 3.05) is 19.8 Å². The number of hydrogen-bond acceptors (Lipinski definition) is 3. The van der Waals surface area contributed by atoms with Crippen LogP contribution in [0.3, 0.4) is 0 Å². The summed E-state index contributed by atoms with van der Waals surface area (Å²) in [5, 5.41) is -0.133. The first kappa shape index (κ1) is 13.4. The monoisotopic (exact) mass is 302 g/mol. The van der Waals surface area contributed by atoms with Crippen LogP contribution in [0.1, 0.15) is 6.92 Å². The number of carbonyl (C=O) groups excluding carboxylic acids is 1. The standard InChI is InChI=1S/C11H15BrN2OS/c1-7(11(15)14(2)3)16-10-6-8(12)4-5-9(10)13/h4-7H,13H2,1-3H3. The van der Waals surface area contributed by atoms with Gasteiger partial charge < -0.3 is 10.6 Å². The molecule has 0 fully saturated rings. The number of rotatable bonds is 3. The summed E-state index contributed by atoms with van der Waals surface area (Å²) >= 11 is 4.86. The van der Waals surface area contributed by atoms with E-state index in [1.165, 1.54) is 11.8 Å². The van der Waals surface area contributed by atoms with Gasteiger partial charge in [0.05, 0.1) is 5.25 Å². The minimum Gasteiger partial charge on any atom is -0.398 e. The van der Waals surface area contributed by atoms with Crippen molar-refractivity contribution >= 4 is 39.3 Å². The number of carbonyl (C=O) groups is 1. The summed E-state index contributed by atoms with van der Waals surface area (Å²) in [7, 11) is 3.51. The van der Waals surface area contributed by atoms with Gasteiger partial charge in [-0.05, 0) is 25.1 Å². The van der Waals surface area contributed by atoms with Crippen LogP contribution in [0.25, 0.3) is 0 Å². The summed E-state index contributed by atoms with van der Waals surface area (Å²) in [6, 6.07) is 5.65. The molecule has 0 spiro atoms. The van der Waals surface area contributed by atoms with Gasteiger partial charge in [-0.3, -0.25) is 4.79 Å². The predicted octanol–water partition coefficient (Wildman–Crippen LogP) is 2.60. The van der Waals surface area contributed by atoms with Crippen LogP contribution < -0.4 is 5.73 Å². The van der Waals surface area contributed by atoms with Crippen molar-refractivity contribution in [3.63, 3.8) is 0 Å². The molecule has 1 aromatic carbocycles. The lowest BCUT2D eigenvalue weighted by Crippen LogP contribution is -2.29. The summed E-state index contributed by atoms with van der Waals surface area (Å²) < 4.78 is 0.966. The van der Waals surface area contributed by atoms with E-state index in [0.717, 1.165) is 9.37 Å². The van der Waals surface area contributed by atoms with Crippen molar-refractivity contribution in [1.29, 1.82) is 0 Å². The Morgan fingerprint density at radius 3 is 2.69 bits per heavy atom. The Labute approximate surface area is 109 Å². The zero-order valence-electron chi connectivity index (χ0n) is 9.53. The summed E-state index contributed by atoms with van der Waals surface area (Å²) in [5.41, 5.74) is 6.55. The normalized spacial score (nSPS) is 12.2. The molecular formula is C11H15BrN2OS. The van der Waals surface area contributed by atoms with Gasteiger partial charge in [0.2, 0.25) is 5.91 Å². The van der Waals surface area contributed by atoms with Gasteiger partial charge in [0.1, 0.15) is 0 Å². The molecule has 1 aromatic rings. The van der Waals surface area contributed by atoms with Gasteiger partial charge in [0.15, 0.2) is 0 Å². The minimum absolute atomic E-state index is 0.0874. The average molecular weight is 303 g/mol. The number of nitrogen functional groups attached to an aromatic ring is 1. The van der Waals surface area contributed by atoms with Gasteiger partial charge in [-0.15, -0.1) is 11.8 Å². The molecule has 0 aromatic heterocycles. The molecule has 0 aliphatic heterocycles.